The molecule has 0 saturated heterocycles. The lowest BCUT2D eigenvalue weighted by atomic mass is 9.82. The van der Waals surface area contributed by atoms with Crippen LogP contribution in [0.15, 0.2) is 0 Å². The smallest absolute Gasteiger partial charge is 0.0388 e. The van der Waals surface area contributed by atoms with Crippen LogP contribution < -0.4 is 0 Å². The minimum absolute atomic E-state index is 0.973. The molecular weight excluding hydrogens is 204 g/mol. The summed E-state index contributed by atoms with van der Waals surface area (Å²) >= 11 is 0. The zero-order valence-electron chi connectivity index (χ0n) is 12.3. The van der Waals surface area contributed by atoms with Crippen LogP contribution in [0.2, 0.25) is 0 Å². The normalized spacial score (nSPS) is 34.1. The SMILES string of the molecule is CC1CCC(CC(C)CC(C)C2CCCC2)C1. The molecule has 17 heavy (non-hydrogen) atoms. The second kappa shape index (κ2) is 6.25. The Morgan fingerprint density at radius 2 is 1.71 bits per heavy atom. The predicted octanol–water partition coefficient (Wildman–Crippen LogP) is 5.67. The van der Waals surface area contributed by atoms with Crippen LogP contribution in [-0.2, 0) is 0 Å². The highest BCUT2D eigenvalue weighted by atomic mass is 14.3. The first-order valence-corrected chi connectivity index (χ1v) is 8.15. The van der Waals surface area contributed by atoms with E-state index in [0.29, 0.717) is 0 Å². The first kappa shape index (κ1) is 13.4. The van der Waals surface area contributed by atoms with E-state index in [-0.39, 0.29) is 0 Å². The summed E-state index contributed by atoms with van der Waals surface area (Å²) in [4.78, 5) is 0. The van der Waals surface area contributed by atoms with Gasteiger partial charge in [-0.2, -0.15) is 0 Å². The van der Waals surface area contributed by atoms with Crippen molar-refractivity contribution in [3.05, 3.63) is 0 Å². The van der Waals surface area contributed by atoms with Crippen LogP contribution in [0.5, 0.6) is 0 Å². The molecule has 4 atom stereocenters. The van der Waals surface area contributed by atoms with Crippen LogP contribution in [-0.4, -0.2) is 0 Å². The molecule has 0 aromatic carbocycles. The average molecular weight is 236 g/mol. The van der Waals surface area contributed by atoms with Gasteiger partial charge in [-0.15, -0.1) is 0 Å². The minimum atomic E-state index is 0.973. The highest BCUT2D eigenvalue weighted by Crippen LogP contribution is 2.38. The second-order valence-electron chi connectivity index (χ2n) is 7.38. The van der Waals surface area contributed by atoms with Gasteiger partial charge in [0.05, 0.1) is 0 Å². The highest BCUT2D eigenvalue weighted by Gasteiger charge is 2.26. The van der Waals surface area contributed by atoms with Crippen molar-refractivity contribution >= 4 is 0 Å². The standard InChI is InChI=1S/C17H32/c1-13-8-9-16(11-13)12-14(2)10-15(3)17-6-4-5-7-17/h13-17H,4-12H2,1-3H3. The zero-order chi connectivity index (χ0) is 12.3. The maximum atomic E-state index is 2.52. The van der Waals surface area contributed by atoms with Gasteiger partial charge >= 0.3 is 0 Å². The van der Waals surface area contributed by atoms with Crippen LogP contribution in [0, 0.1) is 29.6 Å². The number of hydrogen-bond donors (Lipinski definition) is 0. The molecule has 0 heterocycles. The van der Waals surface area contributed by atoms with Gasteiger partial charge in [-0.25, -0.2) is 0 Å². The second-order valence-corrected chi connectivity index (χ2v) is 7.38. The van der Waals surface area contributed by atoms with E-state index in [4.69, 9.17) is 0 Å². The fourth-order valence-electron chi connectivity index (χ4n) is 4.56. The van der Waals surface area contributed by atoms with Crippen molar-refractivity contribution in [3.8, 4) is 0 Å². The quantitative estimate of drug-likeness (QED) is 0.577. The lowest BCUT2D eigenvalue weighted by molar-refractivity contribution is 0.268. The van der Waals surface area contributed by atoms with E-state index in [0.717, 1.165) is 29.6 Å². The fourth-order valence-corrected chi connectivity index (χ4v) is 4.56. The van der Waals surface area contributed by atoms with E-state index in [1.54, 1.807) is 0 Å². The molecule has 0 aliphatic heterocycles. The summed E-state index contributed by atoms with van der Waals surface area (Å²) in [6, 6.07) is 0. The van der Waals surface area contributed by atoms with Crippen molar-refractivity contribution in [3.63, 3.8) is 0 Å². The fraction of sp³-hybridized carbons (Fsp3) is 1.00. The van der Waals surface area contributed by atoms with Gasteiger partial charge in [0.15, 0.2) is 0 Å². The average Bonchev–Trinajstić information content (AvgIpc) is 2.89. The minimum Gasteiger partial charge on any atom is -0.0625 e. The Morgan fingerprint density at radius 1 is 1.00 bits per heavy atom. The molecule has 0 nitrogen and oxygen atoms in total. The zero-order valence-corrected chi connectivity index (χ0v) is 12.3. The lowest BCUT2D eigenvalue weighted by Crippen LogP contribution is -2.13. The summed E-state index contributed by atoms with van der Waals surface area (Å²) in [5.74, 6) is 5.11. The van der Waals surface area contributed by atoms with Crippen LogP contribution in [0.3, 0.4) is 0 Å². The van der Waals surface area contributed by atoms with Crippen molar-refractivity contribution in [2.24, 2.45) is 29.6 Å². The predicted molar refractivity (Wildman–Crippen MR) is 76.0 cm³/mol. The molecule has 2 rings (SSSR count). The van der Waals surface area contributed by atoms with Gasteiger partial charge in [0.1, 0.15) is 0 Å². The number of rotatable bonds is 5. The van der Waals surface area contributed by atoms with E-state index in [2.05, 4.69) is 20.8 Å². The van der Waals surface area contributed by atoms with E-state index >= 15 is 0 Å². The molecule has 0 aromatic rings. The van der Waals surface area contributed by atoms with E-state index < -0.39 is 0 Å². The van der Waals surface area contributed by atoms with Gasteiger partial charge in [0, 0.05) is 0 Å². The van der Waals surface area contributed by atoms with Gasteiger partial charge in [0.25, 0.3) is 0 Å². The van der Waals surface area contributed by atoms with Crippen LogP contribution in [0.1, 0.15) is 78.6 Å². The molecule has 4 unspecified atom stereocenters. The molecule has 0 radical (unpaired) electrons. The molecule has 2 aliphatic rings. The van der Waals surface area contributed by atoms with Gasteiger partial charge in [-0.1, -0.05) is 59.3 Å². The Morgan fingerprint density at radius 3 is 2.29 bits per heavy atom. The summed E-state index contributed by atoms with van der Waals surface area (Å²) < 4.78 is 0. The Hall–Kier alpha value is 0. The van der Waals surface area contributed by atoms with Crippen molar-refractivity contribution < 1.29 is 0 Å². The molecule has 0 N–H and O–H groups in total. The van der Waals surface area contributed by atoms with Crippen LogP contribution >= 0.6 is 0 Å². The van der Waals surface area contributed by atoms with Gasteiger partial charge in [0.2, 0.25) is 0 Å². The maximum Gasteiger partial charge on any atom is -0.0388 e. The Kier molecular flexibility index (Phi) is 4.94. The molecule has 0 spiro atoms. The molecule has 0 bridgehead atoms. The largest absolute Gasteiger partial charge is 0.0625 e. The summed E-state index contributed by atoms with van der Waals surface area (Å²) in [7, 11) is 0. The van der Waals surface area contributed by atoms with E-state index in [1.165, 1.54) is 57.8 Å². The van der Waals surface area contributed by atoms with Gasteiger partial charge in [-0.05, 0) is 48.9 Å². The van der Waals surface area contributed by atoms with Gasteiger partial charge in [-0.3, -0.25) is 0 Å². The third-order valence-electron chi connectivity index (χ3n) is 5.52. The van der Waals surface area contributed by atoms with Gasteiger partial charge < -0.3 is 0 Å². The molecule has 0 heteroatoms. The van der Waals surface area contributed by atoms with Crippen LogP contribution in [0.4, 0.5) is 0 Å². The molecular formula is C17H32. The van der Waals surface area contributed by atoms with E-state index in [9.17, 15) is 0 Å². The molecule has 100 valence electrons. The Balaban J connectivity index is 1.67. The molecule has 0 aromatic heterocycles. The Labute approximate surface area is 109 Å². The van der Waals surface area contributed by atoms with Crippen LogP contribution in [0.25, 0.3) is 0 Å². The van der Waals surface area contributed by atoms with Crippen molar-refractivity contribution in [1.82, 2.24) is 0 Å². The molecule has 2 fully saturated rings. The third-order valence-corrected chi connectivity index (χ3v) is 5.52. The third kappa shape index (κ3) is 4.00. The maximum absolute atomic E-state index is 2.52. The summed E-state index contributed by atoms with van der Waals surface area (Å²) in [6.07, 6.45) is 13.6. The van der Waals surface area contributed by atoms with Crippen molar-refractivity contribution in [1.29, 1.82) is 0 Å². The summed E-state index contributed by atoms with van der Waals surface area (Å²) in [5.41, 5.74) is 0. The Bertz CT molecular complexity index is 214. The molecule has 0 amide bonds. The number of hydrogen-bond acceptors (Lipinski definition) is 0. The first-order chi connectivity index (χ1) is 8.15. The lowest BCUT2D eigenvalue weighted by Gasteiger charge is -2.24. The molecule has 2 saturated carbocycles. The van der Waals surface area contributed by atoms with Crippen molar-refractivity contribution in [2.45, 2.75) is 78.6 Å². The first-order valence-electron chi connectivity index (χ1n) is 8.15. The van der Waals surface area contributed by atoms with E-state index in [1.807, 2.05) is 0 Å². The summed E-state index contributed by atoms with van der Waals surface area (Å²) in [6.45, 7) is 7.46. The van der Waals surface area contributed by atoms with Crippen molar-refractivity contribution in [2.75, 3.05) is 0 Å². The molecule has 2 aliphatic carbocycles. The monoisotopic (exact) mass is 236 g/mol. The summed E-state index contributed by atoms with van der Waals surface area (Å²) in [5, 5.41) is 0. The highest BCUT2D eigenvalue weighted by molar-refractivity contribution is 4.78. The topological polar surface area (TPSA) is 0 Å².